The van der Waals surface area contributed by atoms with E-state index in [0.717, 1.165) is 5.92 Å². The SMILES string of the molecule is N[C@@H]1[C@H]2CCN[C@@H]12. The molecule has 0 spiro atoms. The molecule has 1 saturated heterocycles. The Morgan fingerprint density at radius 2 is 2.43 bits per heavy atom. The van der Waals surface area contributed by atoms with E-state index in [2.05, 4.69) is 5.32 Å². The van der Waals surface area contributed by atoms with Crippen LogP contribution >= 0.6 is 0 Å². The van der Waals surface area contributed by atoms with E-state index in [1.807, 2.05) is 0 Å². The average molecular weight is 98.1 g/mol. The molecule has 0 aromatic heterocycles. The van der Waals surface area contributed by atoms with Gasteiger partial charge >= 0.3 is 0 Å². The van der Waals surface area contributed by atoms with Crippen molar-refractivity contribution < 1.29 is 0 Å². The van der Waals surface area contributed by atoms with E-state index >= 15 is 0 Å². The molecule has 7 heavy (non-hydrogen) atoms. The van der Waals surface area contributed by atoms with Gasteiger partial charge in [-0.1, -0.05) is 0 Å². The molecule has 1 saturated carbocycles. The summed E-state index contributed by atoms with van der Waals surface area (Å²) < 4.78 is 0. The van der Waals surface area contributed by atoms with Crippen LogP contribution in [-0.2, 0) is 0 Å². The van der Waals surface area contributed by atoms with Crippen molar-refractivity contribution in [3.05, 3.63) is 0 Å². The Bertz CT molecular complexity index is 82.1. The van der Waals surface area contributed by atoms with Gasteiger partial charge in [-0.25, -0.2) is 0 Å². The molecule has 2 fully saturated rings. The zero-order valence-corrected chi connectivity index (χ0v) is 4.22. The van der Waals surface area contributed by atoms with Crippen LogP contribution in [-0.4, -0.2) is 18.6 Å². The molecule has 1 aliphatic carbocycles. The number of hydrogen-bond donors (Lipinski definition) is 2. The first-order chi connectivity index (χ1) is 3.39. The van der Waals surface area contributed by atoms with Crippen molar-refractivity contribution in [2.75, 3.05) is 6.54 Å². The molecule has 3 N–H and O–H groups in total. The second kappa shape index (κ2) is 1.01. The van der Waals surface area contributed by atoms with Gasteiger partial charge in [0.2, 0.25) is 0 Å². The molecule has 3 atom stereocenters. The summed E-state index contributed by atoms with van der Waals surface area (Å²) in [4.78, 5) is 0. The fourth-order valence-corrected chi connectivity index (χ4v) is 1.48. The minimum Gasteiger partial charge on any atom is -0.326 e. The number of piperidine rings is 1. The standard InChI is InChI=1S/C5H10N2/c6-4-3-1-2-7-5(3)4/h3-5,7H,1-2,6H2/t3-,4-,5-/m1/s1. The van der Waals surface area contributed by atoms with E-state index in [0.29, 0.717) is 12.1 Å². The molecule has 0 radical (unpaired) electrons. The van der Waals surface area contributed by atoms with Crippen LogP contribution in [0.5, 0.6) is 0 Å². The largest absolute Gasteiger partial charge is 0.326 e. The maximum Gasteiger partial charge on any atom is 0.0266 e. The predicted molar refractivity (Wildman–Crippen MR) is 27.9 cm³/mol. The number of nitrogens with two attached hydrogens (primary N) is 1. The highest BCUT2D eigenvalue weighted by Gasteiger charge is 2.50. The van der Waals surface area contributed by atoms with E-state index in [9.17, 15) is 0 Å². The molecular weight excluding hydrogens is 88.1 g/mol. The quantitative estimate of drug-likeness (QED) is 0.420. The zero-order chi connectivity index (χ0) is 4.85. The van der Waals surface area contributed by atoms with Crippen LogP contribution in [0.4, 0.5) is 0 Å². The first kappa shape index (κ1) is 3.87. The molecular formula is C5H10N2. The minimum absolute atomic E-state index is 0.508. The molecule has 1 aliphatic heterocycles. The van der Waals surface area contributed by atoms with Gasteiger partial charge in [0.05, 0.1) is 0 Å². The third-order valence-corrected chi connectivity index (χ3v) is 2.09. The third kappa shape index (κ3) is 0.359. The number of fused-ring (bicyclic) bond motifs is 1. The van der Waals surface area contributed by atoms with Crippen molar-refractivity contribution in [2.24, 2.45) is 11.7 Å². The average Bonchev–Trinajstić information content (AvgIpc) is 2.26. The monoisotopic (exact) mass is 98.1 g/mol. The summed E-state index contributed by atoms with van der Waals surface area (Å²) in [6.45, 7) is 1.20. The summed E-state index contributed by atoms with van der Waals surface area (Å²) in [5.74, 6) is 0.847. The molecule has 0 amide bonds. The van der Waals surface area contributed by atoms with Gasteiger partial charge in [0, 0.05) is 12.1 Å². The number of hydrogen-bond acceptors (Lipinski definition) is 2. The van der Waals surface area contributed by atoms with Crippen LogP contribution in [0.2, 0.25) is 0 Å². The molecule has 1 heterocycles. The van der Waals surface area contributed by atoms with E-state index in [4.69, 9.17) is 5.73 Å². The lowest BCUT2D eigenvalue weighted by Gasteiger charge is -1.93. The molecule has 2 nitrogen and oxygen atoms in total. The van der Waals surface area contributed by atoms with Crippen molar-refractivity contribution in [1.82, 2.24) is 5.32 Å². The zero-order valence-electron chi connectivity index (χ0n) is 4.22. The maximum absolute atomic E-state index is 5.61. The van der Waals surface area contributed by atoms with E-state index in [1.54, 1.807) is 0 Å². The van der Waals surface area contributed by atoms with Gasteiger partial charge in [-0.15, -0.1) is 0 Å². The molecule has 40 valence electrons. The summed E-state index contributed by atoms with van der Waals surface area (Å²) in [6, 6.07) is 1.22. The topological polar surface area (TPSA) is 38.0 Å². The molecule has 0 aromatic rings. The van der Waals surface area contributed by atoms with Crippen molar-refractivity contribution in [1.29, 1.82) is 0 Å². The first-order valence-electron chi connectivity index (χ1n) is 2.88. The van der Waals surface area contributed by atoms with E-state index < -0.39 is 0 Å². The third-order valence-electron chi connectivity index (χ3n) is 2.09. The summed E-state index contributed by atoms with van der Waals surface area (Å²) in [6.07, 6.45) is 1.31. The smallest absolute Gasteiger partial charge is 0.0266 e. The highest BCUT2D eigenvalue weighted by Crippen LogP contribution is 2.36. The van der Waals surface area contributed by atoms with Gasteiger partial charge in [-0.2, -0.15) is 0 Å². The van der Waals surface area contributed by atoms with Crippen LogP contribution in [0.25, 0.3) is 0 Å². The van der Waals surface area contributed by atoms with Crippen LogP contribution in [0, 0.1) is 5.92 Å². The Balaban J connectivity index is 2.06. The van der Waals surface area contributed by atoms with E-state index in [-0.39, 0.29) is 0 Å². The Morgan fingerprint density at radius 1 is 1.57 bits per heavy atom. The van der Waals surface area contributed by atoms with E-state index in [1.165, 1.54) is 13.0 Å². The van der Waals surface area contributed by atoms with Crippen molar-refractivity contribution in [3.63, 3.8) is 0 Å². The van der Waals surface area contributed by atoms with Gasteiger partial charge in [0.15, 0.2) is 0 Å². The lowest BCUT2D eigenvalue weighted by Crippen LogP contribution is -2.22. The second-order valence-corrected chi connectivity index (χ2v) is 2.51. The van der Waals surface area contributed by atoms with Gasteiger partial charge in [0.25, 0.3) is 0 Å². The normalized spacial score (nSPS) is 57.0. The van der Waals surface area contributed by atoms with Crippen molar-refractivity contribution in [3.8, 4) is 0 Å². The molecule has 0 aromatic carbocycles. The summed E-state index contributed by atoms with van der Waals surface area (Å²) in [7, 11) is 0. The van der Waals surface area contributed by atoms with Gasteiger partial charge in [0.1, 0.15) is 0 Å². The van der Waals surface area contributed by atoms with Gasteiger partial charge in [-0.05, 0) is 18.9 Å². The molecule has 2 rings (SSSR count). The molecule has 0 bridgehead atoms. The molecule has 2 heteroatoms. The van der Waals surface area contributed by atoms with Crippen molar-refractivity contribution in [2.45, 2.75) is 18.5 Å². The molecule has 2 aliphatic rings. The second-order valence-electron chi connectivity index (χ2n) is 2.51. The summed E-state index contributed by atoms with van der Waals surface area (Å²) >= 11 is 0. The fraction of sp³-hybridized carbons (Fsp3) is 1.00. The van der Waals surface area contributed by atoms with Crippen LogP contribution in [0.15, 0.2) is 0 Å². The highest BCUT2D eigenvalue weighted by atomic mass is 15.1. The Hall–Kier alpha value is -0.0800. The van der Waals surface area contributed by atoms with Crippen LogP contribution < -0.4 is 11.1 Å². The lowest BCUT2D eigenvalue weighted by molar-refractivity contribution is 0.683. The van der Waals surface area contributed by atoms with Gasteiger partial charge < -0.3 is 11.1 Å². The lowest BCUT2D eigenvalue weighted by atomic mass is 10.3. The number of nitrogens with one attached hydrogen (secondary N) is 1. The predicted octanol–water partition coefficient (Wildman–Crippen LogP) is -0.695. The summed E-state index contributed by atoms with van der Waals surface area (Å²) in [5.41, 5.74) is 5.61. The van der Waals surface area contributed by atoms with Crippen LogP contribution in [0.3, 0.4) is 0 Å². The summed E-state index contributed by atoms with van der Waals surface area (Å²) in [5, 5.41) is 3.32. The minimum atomic E-state index is 0.508. The number of rotatable bonds is 0. The maximum atomic E-state index is 5.61. The Morgan fingerprint density at radius 3 is 2.71 bits per heavy atom. The Labute approximate surface area is 43.1 Å². The molecule has 0 unspecified atom stereocenters. The van der Waals surface area contributed by atoms with Crippen molar-refractivity contribution >= 4 is 0 Å². The fourth-order valence-electron chi connectivity index (χ4n) is 1.48. The first-order valence-corrected chi connectivity index (χ1v) is 2.88. The Kier molecular flexibility index (Phi) is 0.557. The van der Waals surface area contributed by atoms with Crippen LogP contribution in [0.1, 0.15) is 6.42 Å². The van der Waals surface area contributed by atoms with Gasteiger partial charge in [-0.3, -0.25) is 0 Å². The highest BCUT2D eigenvalue weighted by molar-refractivity contribution is 5.10.